The Morgan fingerprint density at radius 1 is 1.03 bits per heavy atom. The van der Waals surface area contributed by atoms with Crippen molar-refractivity contribution < 1.29 is 29.0 Å². The van der Waals surface area contributed by atoms with Crippen molar-refractivity contribution in [2.45, 2.75) is 91.8 Å². The van der Waals surface area contributed by atoms with Crippen molar-refractivity contribution in [2.24, 2.45) is 34.0 Å². The number of carboxylic acids is 1. The second-order valence-corrected chi connectivity index (χ2v) is 11.4. The van der Waals surface area contributed by atoms with Gasteiger partial charge in [0.05, 0.1) is 10.8 Å². The Morgan fingerprint density at radius 2 is 1.73 bits per heavy atom. The Kier molecular flexibility index (Phi) is 5.82. The van der Waals surface area contributed by atoms with Crippen molar-refractivity contribution in [3.8, 4) is 0 Å². The van der Waals surface area contributed by atoms with Crippen LogP contribution < -0.4 is 0 Å². The minimum atomic E-state index is -0.772. The van der Waals surface area contributed by atoms with Crippen LogP contribution in [0.4, 0.5) is 0 Å². The molecule has 182 valence electrons. The molecule has 0 aromatic rings. The molecule has 6 nitrogen and oxygen atoms in total. The van der Waals surface area contributed by atoms with Crippen molar-refractivity contribution >= 4 is 17.9 Å². The maximum absolute atomic E-state index is 12.9. The summed E-state index contributed by atoms with van der Waals surface area (Å²) < 4.78 is 12.2. The molecule has 0 aliphatic heterocycles. The first-order valence-electron chi connectivity index (χ1n) is 12.4. The third-order valence-electron chi connectivity index (χ3n) is 10.0. The first kappa shape index (κ1) is 24.0. The summed E-state index contributed by atoms with van der Waals surface area (Å²) in [5, 5.41) is 10.2. The fourth-order valence-corrected chi connectivity index (χ4v) is 8.48. The Labute approximate surface area is 196 Å². The SMILES string of the molecule is C=C1C(OC(=O)/C(C)=C\C)[C@@]23CCC4[C@@](C)(CCC[C@@]4(C)C(=O)O)C2CC[C@H]1[C@@H]3OC(C)=O. The van der Waals surface area contributed by atoms with Gasteiger partial charge in [0.15, 0.2) is 0 Å². The molecule has 4 fully saturated rings. The average molecular weight is 459 g/mol. The van der Waals surface area contributed by atoms with Crippen LogP contribution in [0.15, 0.2) is 23.8 Å². The second-order valence-electron chi connectivity index (χ2n) is 11.4. The van der Waals surface area contributed by atoms with Gasteiger partial charge in [-0.2, -0.15) is 0 Å². The molecule has 4 rings (SSSR count). The lowest BCUT2D eigenvalue weighted by Gasteiger charge is -2.64. The standard InChI is InChI=1S/C27H38O6/c1-7-15(2)23(29)33-21-16(3)18-9-10-20-25(5)12-8-13-26(6,24(30)31)19(25)11-14-27(20,21)22(18)32-17(4)28/h7,18-22H,3,8-14H2,1-2,4-6H3,(H,30,31)/b15-7-/t18-,19?,20?,21?,22+,25-,26-,27-/m1/s1. The number of carbonyl (C=O) groups excluding carboxylic acids is 2. The number of hydrogen-bond donors (Lipinski definition) is 1. The largest absolute Gasteiger partial charge is 0.481 e. The van der Waals surface area contributed by atoms with Gasteiger partial charge < -0.3 is 14.6 Å². The van der Waals surface area contributed by atoms with Crippen LogP contribution in [0.3, 0.4) is 0 Å². The number of allylic oxidation sites excluding steroid dienone is 1. The predicted molar refractivity (Wildman–Crippen MR) is 123 cm³/mol. The zero-order valence-electron chi connectivity index (χ0n) is 20.6. The van der Waals surface area contributed by atoms with Gasteiger partial charge in [-0.3, -0.25) is 9.59 Å². The number of aliphatic carboxylic acids is 1. The molecule has 4 saturated carbocycles. The van der Waals surface area contributed by atoms with Crippen LogP contribution >= 0.6 is 0 Å². The lowest BCUT2D eigenvalue weighted by atomic mass is 9.40. The van der Waals surface area contributed by atoms with Crippen LogP contribution in [-0.4, -0.2) is 35.2 Å². The van der Waals surface area contributed by atoms with Gasteiger partial charge in [0.1, 0.15) is 12.2 Å². The van der Waals surface area contributed by atoms with Crippen molar-refractivity contribution in [3.05, 3.63) is 23.8 Å². The van der Waals surface area contributed by atoms with Crippen LogP contribution in [0.2, 0.25) is 0 Å². The summed E-state index contributed by atoms with van der Waals surface area (Å²) in [5.41, 5.74) is -0.182. The predicted octanol–water partition coefficient (Wildman–Crippen LogP) is 5.07. The van der Waals surface area contributed by atoms with Gasteiger partial charge in [0.25, 0.3) is 0 Å². The molecule has 4 aliphatic carbocycles. The molecule has 1 N–H and O–H groups in total. The fraction of sp³-hybridized carbons (Fsp3) is 0.741. The van der Waals surface area contributed by atoms with Gasteiger partial charge in [-0.1, -0.05) is 26.0 Å². The molecule has 33 heavy (non-hydrogen) atoms. The van der Waals surface area contributed by atoms with Crippen molar-refractivity contribution in [2.75, 3.05) is 0 Å². The molecule has 2 bridgehead atoms. The van der Waals surface area contributed by atoms with E-state index in [9.17, 15) is 19.5 Å². The molecule has 0 amide bonds. The Balaban J connectivity index is 1.83. The lowest BCUT2D eigenvalue weighted by Crippen LogP contribution is -2.64. The van der Waals surface area contributed by atoms with E-state index in [1.807, 2.05) is 13.8 Å². The van der Waals surface area contributed by atoms with E-state index in [0.717, 1.165) is 31.3 Å². The molecule has 0 aromatic carbocycles. The zero-order valence-corrected chi connectivity index (χ0v) is 20.6. The number of ether oxygens (including phenoxy) is 2. The maximum atomic E-state index is 12.9. The molecule has 0 saturated heterocycles. The first-order chi connectivity index (χ1) is 15.4. The third kappa shape index (κ3) is 3.23. The summed E-state index contributed by atoms with van der Waals surface area (Å²) in [6, 6.07) is 0. The molecule has 0 radical (unpaired) electrons. The lowest BCUT2D eigenvalue weighted by molar-refractivity contribution is -0.224. The monoisotopic (exact) mass is 458 g/mol. The van der Waals surface area contributed by atoms with Gasteiger partial charge in [-0.05, 0) is 82.1 Å². The van der Waals surface area contributed by atoms with Gasteiger partial charge in [-0.25, -0.2) is 4.79 Å². The number of hydrogen-bond acceptors (Lipinski definition) is 5. The molecule has 0 heterocycles. The third-order valence-corrected chi connectivity index (χ3v) is 10.0. The van der Waals surface area contributed by atoms with E-state index in [0.29, 0.717) is 24.8 Å². The zero-order chi connectivity index (χ0) is 24.3. The molecule has 1 spiro atoms. The summed E-state index contributed by atoms with van der Waals surface area (Å²) in [6.45, 7) is 13.5. The topological polar surface area (TPSA) is 89.9 Å². The number of fused-ring (bicyclic) bond motifs is 3. The molecule has 6 heteroatoms. The smallest absolute Gasteiger partial charge is 0.333 e. The molecule has 0 aromatic heterocycles. The highest BCUT2D eigenvalue weighted by atomic mass is 16.6. The molecular formula is C27H38O6. The molecule has 4 aliphatic rings. The Morgan fingerprint density at radius 3 is 2.33 bits per heavy atom. The van der Waals surface area contributed by atoms with Gasteiger partial charge >= 0.3 is 17.9 Å². The van der Waals surface area contributed by atoms with E-state index >= 15 is 0 Å². The van der Waals surface area contributed by atoms with E-state index in [4.69, 9.17) is 9.47 Å². The van der Waals surface area contributed by atoms with Crippen LogP contribution in [0.5, 0.6) is 0 Å². The maximum Gasteiger partial charge on any atom is 0.333 e. The van der Waals surface area contributed by atoms with E-state index in [1.165, 1.54) is 6.92 Å². The van der Waals surface area contributed by atoms with E-state index in [-0.39, 0.29) is 41.2 Å². The van der Waals surface area contributed by atoms with Gasteiger partial charge in [-0.15, -0.1) is 0 Å². The normalized spacial score (nSPS) is 44.5. The molecular weight excluding hydrogens is 420 g/mol. The Bertz CT molecular complexity index is 920. The quantitative estimate of drug-likeness (QED) is 0.359. The number of carboxylic acid groups (broad SMARTS) is 1. The summed E-state index contributed by atoms with van der Waals surface area (Å²) >= 11 is 0. The molecule has 3 unspecified atom stereocenters. The minimum Gasteiger partial charge on any atom is -0.481 e. The number of esters is 2. The summed E-state index contributed by atoms with van der Waals surface area (Å²) in [5.74, 6) is -1.33. The summed E-state index contributed by atoms with van der Waals surface area (Å²) in [4.78, 5) is 37.5. The average Bonchev–Trinajstić information content (AvgIpc) is 2.86. The minimum absolute atomic E-state index is 0.0314. The van der Waals surface area contributed by atoms with Crippen LogP contribution in [0, 0.1) is 34.0 Å². The van der Waals surface area contributed by atoms with Crippen molar-refractivity contribution in [1.29, 1.82) is 0 Å². The van der Waals surface area contributed by atoms with Crippen LogP contribution in [0.1, 0.15) is 79.6 Å². The van der Waals surface area contributed by atoms with Gasteiger partial charge in [0.2, 0.25) is 0 Å². The van der Waals surface area contributed by atoms with E-state index < -0.39 is 22.9 Å². The number of rotatable bonds is 4. The number of carbonyl (C=O) groups is 3. The van der Waals surface area contributed by atoms with Crippen molar-refractivity contribution in [1.82, 2.24) is 0 Å². The van der Waals surface area contributed by atoms with E-state index in [2.05, 4.69) is 13.5 Å². The first-order valence-corrected chi connectivity index (χ1v) is 12.4. The summed E-state index contributed by atoms with van der Waals surface area (Å²) in [7, 11) is 0. The van der Waals surface area contributed by atoms with Crippen LogP contribution in [0.25, 0.3) is 0 Å². The molecule has 8 atom stereocenters. The fourth-order valence-electron chi connectivity index (χ4n) is 8.48. The highest BCUT2D eigenvalue weighted by Gasteiger charge is 2.73. The second kappa shape index (κ2) is 7.99. The highest BCUT2D eigenvalue weighted by Crippen LogP contribution is 2.73. The highest BCUT2D eigenvalue weighted by molar-refractivity contribution is 5.88. The van der Waals surface area contributed by atoms with Gasteiger partial charge in [0, 0.05) is 18.4 Å². The van der Waals surface area contributed by atoms with Crippen molar-refractivity contribution in [3.63, 3.8) is 0 Å². The summed E-state index contributed by atoms with van der Waals surface area (Å²) in [6.07, 6.45) is 6.39. The van der Waals surface area contributed by atoms with E-state index in [1.54, 1.807) is 13.0 Å². The van der Waals surface area contributed by atoms with Crippen LogP contribution in [-0.2, 0) is 23.9 Å². The Hall–Kier alpha value is -2.11.